The van der Waals surface area contributed by atoms with E-state index in [0.717, 1.165) is 5.39 Å². The second kappa shape index (κ2) is 5.07. The summed E-state index contributed by atoms with van der Waals surface area (Å²) in [5.74, 6) is 0.0749. The van der Waals surface area contributed by atoms with Crippen LogP contribution in [0, 0.1) is 0 Å². The number of nitrogens with two attached hydrogens (primary N) is 1. The van der Waals surface area contributed by atoms with Gasteiger partial charge < -0.3 is 10.2 Å². The van der Waals surface area contributed by atoms with Gasteiger partial charge >= 0.3 is 0 Å². The van der Waals surface area contributed by atoms with Crippen LogP contribution in [0.5, 0.6) is 0 Å². The van der Waals surface area contributed by atoms with Crippen LogP contribution in [0.25, 0.3) is 11.0 Å². The van der Waals surface area contributed by atoms with Crippen molar-refractivity contribution in [1.29, 1.82) is 0 Å². The van der Waals surface area contributed by atoms with Crippen LogP contribution in [0.2, 0.25) is 5.02 Å². The first-order valence-corrected chi connectivity index (χ1v) is 6.44. The lowest BCUT2D eigenvalue weighted by Crippen LogP contribution is -2.04. The number of pyridine rings is 1. The number of ketones is 1. The molecule has 0 fully saturated rings. The van der Waals surface area contributed by atoms with Crippen LogP contribution in [0.1, 0.15) is 21.8 Å². The second-order valence-corrected chi connectivity index (χ2v) is 4.80. The molecule has 0 saturated heterocycles. The number of hydrogen-bond acceptors (Lipinski definition) is 4. The van der Waals surface area contributed by atoms with E-state index in [1.54, 1.807) is 42.6 Å². The summed E-state index contributed by atoms with van der Waals surface area (Å²) in [6, 6.07) is 10.2. The summed E-state index contributed by atoms with van der Waals surface area (Å²) < 4.78 is 5.55. The number of furan rings is 1. The third kappa shape index (κ3) is 2.31. The Kier molecular flexibility index (Phi) is 3.26. The van der Waals surface area contributed by atoms with Gasteiger partial charge in [-0.3, -0.25) is 9.78 Å². The summed E-state index contributed by atoms with van der Waals surface area (Å²) in [6.45, 7) is 0.289. The van der Waals surface area contributed by atoms with Gasteiger partial charge in [0.05, 0.1) is 5.69 Å². The minimum atomic E-state index is -0.200. The molecule has 0 aliphatic rings. The smallest absolute Gasteiger partial charge is 0.228 e. The molecular formula is C15H11ClN2O2. The van der Waals surface area contributed by atoms with Gasteiger partial charge in [-0.05, 0) is 36.4 Å². The Balaban J connectivity index is 2.03. The van der Waals surface area contributed by atoms with Crippen molar-refractivity contribution in [2.75, 3.05) is 0 Å². The lowest BCUT2D eigenvalue weighted by Gasteiger charge is -1.99. The number of aromatic nitrogens is 1. The Morgan fingerprint density at radius 3 is 2.90 bits per heavy atom. The summed E-state index contributed by atoms with van der Waals surface area (Å²) in [5.41, 5.74) is 7.32. The molecule has 20 heavy (non-hydrogen) atoms. The first-order valence-electron chi connectivity index (χ1n) is 6.06. The number of halogens is 1. The van der Waals surface area contributed by atoms with Crippen LogP contribution in [0.4, 0.5) is 0 Å². The molecule has 100 valence electrons. The van der Waals surface area contributed by atoms with E-state index in [1.807, 2.05) is 0 Å². The normalized spacial score (nSPS) is 10.9. The van der Waals surface area contributed by atoms with Gasteiger partial charge in [0, 0.05) is 28.7 Å². The van der Waals surface area contributed by atoms with Crippen LogP contribution >= 0.6 is 11.6 Å². The molecule has 0 atom stereocenters. The SMILES string of the molecule is NCc1cc(C(=O)c2cc3cc(Cl)ccc3o2)ccn1. The van der Waals surface area contributed by atoms with E-state index >= 15 is 0 Å². The average Bonchev–Trinajstić information content (AvgIpc) is 2.89. The van der Waals surface area contributed by atoms with Crippen LogP contribution in [0.15, 0.2) is 47.0 Å². The summed E-state index contributed by atoms with van der Waals surface area (Å²) in [7, 11) is 0. The first-order chi connectivity index (χ1) is 9.67. The Morgan fingerprint density at radius 1 is 1.25 bits per heavy atom. The van der Waals surface area contributed by atoms with E-state index in [2.05, 4.69) is 4.98 Å². The molecule has 0 spiro atoms. The molecule has 1 aromatic carbocycles. The highest BCUT2D eigenvalue weighted by Gasteiger charge is 2.15. The maximum absolute atomic E-state index is 12.4. The van der Waals surface area contributed by atoms with E-state index in [-0.39, 0.29) is 18.1 Å². The summed E-state index contributed by atoms with van der Waals surface area (Å²) in [6.07, 6.45) is 1.56. The topological polar surface area (TPSA) is 69.1 Å². The largest absolute Gasteiger partial charge is 0.453 e. The minimum absolute atomic E-state index is 0.200. The van der Waals surface area contributed by atoms with Crippen LogP contribution in [-0.2, 0) is 6.54 Å². The van der Waals surface area contributed by atoms with Crippen molar-refractivity contribution in [1.82, 2.24) is 4.98 Å². The predicted molar refractivity (Wildman–Crippen MR) is 76.8 cm³/mol. The van der Waals surface area contributed by atoms with E-state index in [1.165, 1.54) is 0 Å². The highest BCUT2D eigenvalue weighted by molar-refractivity contribution is 6.31. The number of rotatable bonds is 3. The minimum Gasteiger partial charge on any atom is -0.453 e. The second-order valence-electron chi connectivity index (χ2n) is 4.36. The molecule has 0 bridgehead atoms. The summed E-state index contributed by atoms with van der Waals surface area (Å²) >= 11 is 5.92. The number of benzene rings is 1. The number of hydrogen-bond donors (Lipinski definition) is 1. The molecule has 0 unspecified atom stereocenters. The number of fused-ring (bicyclic) bond motifs is 1. The molecule has 0 saturated carbocycles. The molecule has 2 aromatic heterocycles. The van der Waals surface area contributed by atoms with E-state index in [9.17, 15) is 4.79 Å². The van der Waals surface area contributed by atoms with Crippen molar-refractivity contribution < 1.29 is 9.21 Å². The number of nitrogens with zero attached hydrogens (tertiary/aromatic N) is 1. The molecule has 0 aliphatic heterocycles. The van der Waals surface area contributed by atoms with Crippen molar-refractivity contribution in [3.8, 4) is 0 Å². The monoisotopic (exact) mass is 286 g/mol. The summed E-state index contributed by atoms with van der Waals surface area (Å²) in [4.78, 5) is 16.4. The zero-order valence-corrected chi connectivity index (χ0v) is 11.2. The Morgan fingerprint density at radius 2 is 2.10 bits per heavy atom. The molecule has 5 heteroatoms. The van der Waals surface area contributed by atoms with Crippen molar-refractivity contribution in [3.63, 3.8) is 0 Å². The fourth-order valence-corrected chi connectivity index (χ4v) is 2.18. The average molecular weight is 287 g/mol. The Labute approximate surface area is 120 Å². The fourth-order valence-electron chi connectivity index (χ4n) is 2.00. The quantitative estimate of drug-likeness (QED) is 0.751. The lowest BCUT2D eigenvalue weighted by atomic mass is 10.1. The van der Waals surface area contributed by atoms with Crippen molar-refractivity contribution in [2.45, 2.75) is 6.54 Å². The molecule has 0 radical (unpaired) electrons. The van der Waals surface area contributed by atoms with E-state index in [4.69, 9.17) is 21.8 Å². The van der Waals surface area contributed by atoms with Crippen molar-refractivity contribution in [2.24, 2.45) is 5.73 Å². The van der Waals surface area contributed by atoms with Crippen LogP contribution < -0.4 is 5.73 Å². The third-order valence-electron chi connectivity index (χ3n) is 2.99. The number of carbonyl (C=O) groups is 1. The fraction of sp³-hybridized carbons (Fsp3) is 0.0667. The Bertz CT molecular complexity index is 795. The molecule has 4 nitrogen and oxygen atoms in total. The van der Waals surface area contributed by atoms with Gasteiger partial charge in [-0.15, -0.1) is 0 Å². The highest BCUT2D eigenvalue weighted by atomic mass is 35.5. The zero-order valence-electron chi connectivity index (χ0n) is 10.5. The molecule has 3 aromatic rings. The van der Waals surface area contributed by atoms with Gasteiger partial charge in [0.15, 0.2) is 5.76 Å². The predicted octanol–water partition coefficient (Wildman–Crippen LogP) is 3.17. The van der Waals surface area contributed by atoms with E-state index < -0.39 is 0 Å². The van der Waals surface area contributed by atoms with Crippen molar-refractivity contribution in [3.05, 3.63) is 64.6 Å². The molecule has 2 N–H and O–H groups in total. The first kappa shape index (κ1) is 12.8. The standard InChI is InChI=1S/C15H11ClN2O2/c16-11-1-2-13-10(5-11)7-14(20-13)15(19)9-3-4-18-12(6-9)8-17/h1-7H,8,17H2. The molecular weight excluding hydrogens is 276 g/mol. The van der Waals surface area contributed by atoms with Gasteiger partial charge in [-0.2, -0.15) is 0 Å². The van der Waals surface area contributed by atoms with Crippen LogP contribution in [0.3, 0.4) is 0 Å². The Hall–Kier alpha value is -2.17. The van der Waals surface area contributed by atoms with Gasteiger partial charge in [-0.25, -0.2) is 0 Å². The van der Waals surface area contributed by atoms with Crippen molar-refractivity contribution >= 4 is 28.4 Å². The van der Waals surface area contributed by atoms with Gasteiger partial charge in [0.1, 0.15) is 5.58 Å². The summed E-state index contributed by atoms with van der Waals surface area (Å²) in [5, 5.41) is 1.40. The lowest BCUT2D eigenvalue weighted by molar-refractivity contribution is 0.101. The maximum atomic E-state index is 12.4. The molecule has 2 heterocycles. The van der Waals surface area contributed by atoms with Gasteiger partial charge in [0.2, 0.25) is 5.78 Å². The molecule has 3 rings (SSSR count). The van der Waals surface area contributed by atoms with Gasteiger partial charge in [-0.1, -0.05) is 11.6 Å². The third-order valence-corrected chi connectivity index (χ3v) is 3.23. The molecule has 0 aliphatic carbocycles. The highest BCUT2D eigenvalue weighted by Crippen LogP contribution is 2.24. The van der Waals surface area contributed by atoms with E-state index in [0.29, 0.717) is 21.9 Å². The maximum Gasteiger partial charge on any atom is 0.228 e. The molecule has 0 amide bonds. The van der Waals surface area contributed by atoms with Crippen LogP contribution in [-0.4, -0.2) is 10.8 Å². The number of carbonyl (C=O) groups excluding carboxylic acids is 1. The van der Waals surface area contributed by atoms with Gasteiger partial charge in [0.25, 0.3) is 0 Å². The zero-order chi connectivity index (χ0) is 14.1.